The molecule has 0 fully saturated rings. The lowest BCUT2D eigenvalue weighted by Crippen LogP contribution is -2.22. The second-order valence-electron chi connectivity index (χ2n) is 3.69. The standard InChI is InChI=1S/C14H8F3O/c15-14(16,17)13(18)12-8-6-11(7-9-12)10-4-2-1-3-5-10/h2-9H. The van der Waals surface area contributed by atoms with Gasteiger partial charge in [0.1, 0.15) is 0 Å². The number of alkyl halides is 3. The molecule has 1 nitrogen and oxygen atoms in total. The Hall–Kier alpha value is -2.10. The third-order valence-corrected chi connectivity index (χ3v) is 2.46. The summed E-state index contributed by atoms with van der Waals surface area (Å²) in [6, 6.07) is 15.2. The fraction of sp³-hybridized carbons (Fsp3) is 0.0714. The van der Waals surface area contributed by atoms with Crippen LogP contribution in [0.3, 0.4) is 0 Å². The first-order chi connectivity index (χ1) is 8.48. The molecule has 1 radical (unpaired) electrons. The van der Waals surface area contributed by atoms with Crippen molar-refractivity contribution in [3.63, 3.8) is 0 Å². The molecule has 91 valence electrons. The summed E-state index contributed by atoms with van der Waals surface area (Å²) in [5.41, 5.74) is 1.26. The first kappa shape index (κ1) is 12.4. The maximum atomic E-state index is 12.2. The highest BCUT2D eigenvalue weighted by atomic mass is 19.4. The second-order valence-corrected chi connectivity index (χ2v) is 3.69. The first-order valence-corrected chi connectivity index (χ1v) is 5.16. The van der Waals surface area contributed by atoms with E-state index in [1.165, 1.54) is 24.3 Å². The number of carbonyl (C=O) groups is 1. The van der Waals surface area contributed by atoms with Gasteiger partial charge in [0.2, 0.25) is 0 Å². The van der Waals surface area contributed by atoms with Gasteiger partial charge in [0.05, 0.1) is 0 Å². The van der Waals surface area contributed by atoms with Crippen LogP contribution in [0.4, 0.5) is 13.2 Å². The molecule has 0 amide bonds. The Labute approximate surface area is 102 Å². The Morgan fingerprint density at radius 1 is 0.889 bits per heavy atom. The molecule has 0 heterocycles. The number of halogens is 3. The van der Waals surface area contributed by atoms with Crippen LogP contribution in [0.15, 0.2) is 48.5 Å². The van der Waals surface area contributed by atoms with Gasteiger partial charge in [-0.1, -0.05) is 48.5 Å². The van der Waals surface area contributed by atoms with Gasteiger partial charge in [-0.25, -0.2) is 0 Å². The number of rotatable bonds is 2. The normalized spacial score (nSPS) is 11.3. The van der Waals surface area contributed by atoms with Crippen molar-refractivity contribution in [2.24, 2.45) is 0 Å². The van der Waals surface area contributed by atoms with Gasteiger partial charge < -0.3 is 0 Å². The number of hydrogen-bond acceptors (Lipinski definition) is 1. The van der Waals surface area contributed by atoms with Crippen LogP contribution in [0.2, 0.25) is 0 Å². The Morgan fingerprint density at radius 3 is 1.89 bits per heavy atom. The molecule has 4 heteroatoms. The quantitative estimate of drug-likeness (QED) is 0.738. The predicted octanol–water partition coefficient (Wildman–Crippen LogP) is 3.90. The molecule has 0 aliphatic carbocycles. The molecule has 0 aromatic heterocycles. The molecule has 18 heavy (non-hydrogen) atoms. The van der Waals surface area contributed by atoms with Crippen LogP contribution in [-0.2, 0) is 0 Å². The smallest absolute Gasteiger partial charge is 0.284 e. The summed E-state index contributed by atoms with van der Waals surface area (Å²) < 4.78 is 36.6. The van der Waals surface area contributed by atoms with Gasteiger partial charge in [0.25, 0.3) is 5.78 Å². The summed E-state index contributed by atoms with van der Waals surface area (Å²) in [5, 5.41) is 0. The van der Waals surface area contributed by atoms with Gasteiger partial charge in [-0.2, -0.15) is 13.2 Å². The molecule has 0 saturated heterocycles. The Kier molecular flexibility index (Phi) is 3.19. The third-order valence-electron chi connectivity index (χ3n) is 2.46. The van der Waals surface area contributed by atoms with Gasteiger partial charge in [-0.15, -0.1) is 0 Å². The molecule has 0 unspecified atom stereocenters. The number of hydrogen-bond donors (Lipinski definition) is 0. The zero-order valence-electron chi connectivity index (χ0n) is 9.16. The van der Waals surface area contributed by atoms with Crippen LogP contribution in [0.5, 0.6) is 0 Å². The average Bonchev–Trinajstić information content (AvgIpc) is 2.38. The lowest BCUT2D eigenvalue weighted by atomic mass is 10.0. The van der Waals surface area contributed by atoms with Crippen LogP contribution in [0.1, 0.15) is 10.4 Å². The van der Waals surface area contributed by atoms with E-state index in [4.69, 9.17) is 0 Å². The maximum absolute atomic E-state index is 12.2. The van der Waals surface area contributed by atoms with Crippen LogP contribution >= 0.6 is 0 Å². The Balaban J connectivity index is 2.29. The highest BCUT2D eigenvalue weighted by Crippen LogP contribution is 2.24. The van der Waals surface area contributed by atoms with Gasteiger partial charge in [0.15, 0.2) is 0 Å². The summed E-state index contributed by atoms with van der Waals surface area (Å²) in [6.45, 7) is 0. The minimum absolute atomic E-state index is 0.353. The molecule has 0 saturated carbocycles. The summed E-state index contributed by atoms with van der Waals surface area (Å²) in [5.74, 6) is -1.82. The summed E-state index contributed by atoms with van der Waals surface area (Å²) >= 11 is 0. The van der Waals surface area contributed by atoms with Crippen LogP contribution < -0.4 is 0 Å². The first-order valence-electron chi connectivity index (χ1n) is 5.16. The summed E-state index contributed by atoms with van der Waals surface area (Å²) in [7, 11) is 0. The number of ketones is 1. The van der Waals surface area contributed by atoms with Crippen molar-refractivity contribution >= 4 is 5.78 Å². The lowest BCUT2D eigenvalue weighted by Gasteiger charge is -2.06. The topological polar surface area (TPSA) is 17.1 Å². The van der Waals surface area contributed by atoms with Crippen molar-refractivity contribution in [3.05, 3.63) is 60.2 Å². The van der Waals surface area contributed by atoms with E-state index in [1.807, 2.05) is 0 Å². The van der Waals surface area contributed by atoms with Gasteiger partial charge in [-0.3, -0.25) is 4.79 Å². The molecule has 0 atom stereocenters. The predicted molar refractivity (Wildman–Crippen MR) is 61.1 cm³/mol. The van der Waals surface area contributed by atoms with Crippen molar-refractivity contribution in [2.75, 3.05) is 0 Å². The lowest BCUT2D eigenvalue weighted by molar-refractivity contribution is -0.0885. The van der Waals surface area contributed by atoms with E-state index in [0.29, 0.717) is 0 Å². The number of carbonyl (C=O) groups excluding carboxylic acids is 1. The van der Waals surface area contributed by atoms with Gasteiger partial charge in [-0.05, 0) is 17.2 Å². The molecule has 0 N–H and O–H groups in total. The van der Waals surface area contributed by atoms with E-state index >= 15 is 0 Å². The molecular weight excluding hydrogens is 241 g/mol. The monoisotopic (exact) mass is 249 g/mol. The van der Waals surface area contributed by atoms with Crippen LogP contribution in [0, 0.1) is 6.07 Å². The summed E-state index contributed by atoms with van der Waals surface area (Å²) in [4.78, 5) is 11.0. The average molecular weight is 249 g/mol. The molecule has 0 bridgehead atoms. The van der Waals surface area contributed by atoms with Crippen LogP contribution in [0.25, 0.3) is 11.1 Å². The zero-order chi connectivity index (χ0) is 13.2. The summed E-state index contributed by atoms with van der Waals surface area (Å²) in [6.07, 6.45) is -4.83. The van der Waals surface area contributed by atoms with Crippen molar-refractivity contribution in [2.45, 2.75) is 6.18 Å². The molecule has 0 aliphatic heterocycles. The van der Waals surface area contributed by atoms with Crippen molar-refractivity contribution < 1.29 is 18.0 Å². The third kappa shape index (κ3) is 2.59. The fourth-order valence-electron chi connectivity index (χ4n) is 1.56. The molecule has 0 aliphatic rings. The number of benzene rings is 2. The zero-order valence-corrected chi connectivity index (χ0v) is 9.16. The van der Waals surface area contributed by atoms with E-state index in [2.05, 4.69) is 6.07 Å². The molecule has 2 aromatic carbocycles. The highest BCUT2D eigenvalue weighted by molar-refractivity contribution is 6.00. The van der Waals surface area contributed by atoms with E-state index in [9.17, 15) is 18.0 Å². The van der Waals surface area contributed by atoms with Crippen LogP contribution in [-0.4, -0.2) is 12.0 Å². The minimum atomic E-state index is -4.83. The molecular formula is C14H8F3O. The molecule has 0 spiro atoms. The van der Waals surface area contributed by atoms with E-state index in [0.717, 1.165) is 11.1 Å². The molecule has 2 aromatic rings. The van der Waals surface area contributed by atoms with E-state index in [1.54, 1.807) is 24.3 Å². The van der Waals surface area contributed by atoms with Gasteiger partial charge >= 0.3 is 6.18 Å². The largest absolute Gasteiger partial charge is 0.454 e. The van der Waals surface area contributed by atoms with Crippen molar-refractivity contribution in [3.8, 4) is 11.1 Å². The fourth-order valence-corrected chi connectivity index (χ4v) is 1.56. The number of Topliss-reactive ketones (excluding diaryl/α,β-unsaturated/α-hetero) is 1. The SMILES string of the molecule is O=C(c1ccc(-c2cc[c]cc2)cc1)C(F)(F)F. The van der Waals surface area contributed by atoms with Crippen molar-refractivity contribution in [1.29, 1.82) is 0 Å². The Morgan fingerprint density at radius 2 is 1.39 bits per heavy atom. The Bertz CT molecular complexity index is 542. The van der Waals surface area contributed by atoms with Gasteiger partial charge in [0, 0.05) is 5.56 Å². The maximum Gasteiger partial charge on any atom is 0.454 e. The molecule has 2 rings (SSSR count). The second kappa shape index (κ2) is 4.64. The van der Waals surface area contributed by atoms with E-state index < -0.39 is 12.0 Å². The van der Waals surface area contributed by atoms with E-state index in [-0.39, 0.29) is 5.56 Å². The van der Waals surface area contributed by atoms with Crippen molar-refractivity contribution in [1.82, 2.24) is 0 Å². The minimum Gasteiger partial charge on any atom is -0.284 e. The highest BCUT2D eigenvalue weighted by Gasteiger charge is 2.39.